The summed E-state index contributed by atoms with van der Waals surface area (Å²) in [5, 5.41) is 10.1. The van der Waals surface area contributed by atoms with Gasteiger partial charge in [-0.2, -0.15) is 0 Å². The van der Waals surface area contributed by atoms with Crippen LogP contribution in [-0.2, 0) is 19.0 Å². The molecule has 2 bridgehead atoms. The molecule has 2 heterocycles. The van der Waals surface area contributed by atoms with Crippen molar-refractivity contribution in [2.24, 2.45) is 5.92 Å². The molecule has 23 heavy (non-hydrogen) atoms. The monoisotopic (exact) mass is 328 g/mol. The summed E-state index contributed by atoms with van der Waals surface area (Å²) in [6, 6.07) is 0. The van der Waals surface area contributed by atoms with E-state index in [4.69, 9.17) is 14.2 Å². The summed E-state index contributed by atoms with van der Waals surface area (Å²) < 4.78 is 17.3. The fourth-order valence-corrected chi connectivity index (χ4v) is 3.91. The number of methoxy groups -OCH3 is 1. The fraction of sp³-hybridized carbons (Fsp3) is 0.944. The molecule has 1 N–H and O–H groups in total. The van der Waals surface area contributed by atoms with Gasteiger partial charge in [0, 0.05) is 20.0 Å². The minimum absolute atomic E-state index is 0.0231. The molecule has 0 spiro atoms. The Balaban J connectivity index is 2.09. The quantitative estimate of drug-likeness (QED) is 0.807. The van der Waals surface area contributed by atoms with Crippen LogP contribution in [0.15, 0.2) is 0 Å². The summed E-state index contributed by atoms with van der Waals surface area (Å²) in [5.74, 6) is 0.234. The van der Waals surface area contributed by atoms with Crippen LogP contribution >= 0.6 is 0 Å². The number of rotatable bonds is 3. The van der Waals surface area contributed by atoms with Gasteiger partial charge in [0.2, 0.25) is 0 Å². The van der Waals surface area contributed by atoms with Crippen LogP contribution in [0.25, 0.3) is 0 Å². The highest BCUT2D eigenvalue weighted by atomic mass is 16.6. The molecule has 0 radical (unpaired) electrons. The van der Waals surface area contributed by atoms with Crippen LogP contribution in [0.2, 0.25) is 0 Å². The number of carbonyl (C=O) groups is 1. The fourth-order valence-electron chi connectivity index (χ4n) is 3.91. The lowest BCUT2D eigenvalue weighted by atomic mass is 9.89. The van der Waals surface area contributed by atoms with Crippen molar-refractivity contribution in [1.29, 1.82) is 0 Å². The normalized spacial score (nSPS) is 39.9. The zero-order valence-electron chi connectivity index (χ0n) is 14.7. The molecule has 2 rings (SSSR count). The van der Waals surface area contributed by atoms with Gasteiger partial charge >= 0.3 is 5.97 Å². The number of ether oxygens (including phenoxy) is 3. The maximum absolute atomic E-state index is 12.2. The van der Waals surface area contributed by atoms with E-state index in [2.05, 4.69) is 13.8 Å². The Hall–Kier alpha value is -0.650. The van der Waals surface area contributed by atoms with E-state index >= 15 is 0 Å². The van der Waals surface area contributed by atoms with E-state index in [0.29, 0.717) is 18.8 Å². The lowest BCUT2D eigenvalue weighted by Gasteiger charge is -2.36. The molecule has 2 fully saturated rings. The van der Waals surface area contributed by atoms with Crippen LogP contribution in [0, 0.1) is 5.92 Å². The Morgan fingerprint density at radius 2 is 1.91 bits per heavy atom. The third-order valence-corrected chi connectivity index (χ3v) is 4.95. The predicted molar refractivity (Wildman–Crippen MR) is 87.1 cm³/mol. The first kappa shape index (κ1) is 18.7. The molecule has 2 aliphatic rings. The van der Waals surface area contributed by atoms with Crippen LogP contribution in [0.4, 0.5) is 0 Å². The second-order valence-electron chi connectivity index (χ2n) is 7.28. The highest BCUT2D eigenvalue weighted by Crippen LogP contribution is 2.30. The van der Waals surface area contributed by atoms with Crippen LogP contribution in [0.1, 0.15) is 65.2 Å². The average Bonchev–Trinajstić information content (AvgIpc) is 2.44. The number of fused-ring (bicyclic) bond motifs is 2. The molecule has 0 amide bonds. The third-order valence-electron chi connectivity index (χ3n) is 4.95. The summed E-state index contributed by atoms with van der Waals surface area (Å²) in [7, 11) is 1.73. The van der Waals surface area contributed by atoms with Crippen molar-refractivity contribution in [2.75, 3.05) is 7.11 Å². The molecule has 2 aliphatic heterocycles. The van der Waals surface area contributed by atoms with Gasteiger partial charge in [0.15, 0.2) is 0 Å². The topological polar surface area (TPSA) is 65.0 Å². The van der Waals surface area contributed by atoms with Gasteiger partial charge in [0.05, 0.1) is 30.8 Å². The summed E-state index contributed by atoms with van der Waals surface area (Å²) in [4.78, 5) is 12.2. The third kappa shape index (κ3) is 6.05. The van der Waals surface area contributed by atoms with Gasteiger partial charge in [-0.1, -0.05) is 20.3 Å². The van der Waals surface area contributed by atoms with Crippen molar-refractivity contribution in [3.8, 4) is 0 Å². The molecule has 0 aromatic rings. The summed E-state index contributed by atoms with van der Waals surface area (Å²) in [6.45, 7) is 4.30. The van der Waals surface area contributed by atoms with E-state index in [9.17, 15) is 9.90 Å². The SMILES string of the molecule is CCC[C@H]1C[C@@H](OC)C[C@H](C)C[C@@H]2C[C@@H](O)C[C@H](CC(=O)O1)O2. The molecule has 0 aromatic heterocycles. The van der Waals surface area contributed by atoms with E-state index in [0.717, 1.165) is 32.1 Å². The number of aliphatic hydroxyl groups is 1. The van der Waals surface area contributed by atoms with E-state index in [1.165, 1.54) is 0 Å². The lowest BCUT2D eigenvalue weighted by molar-refractivity contribution is -0.162. The number of esters is 1. The molecule has 0 aromatic carbocycles. The van der Waals surface area contributed by atoms with Crippen molar-refractivity contribution in [1.82, 2.24) is 0 Å². The summed E-state index contributed by atoms with van der Waals surface area (Å²) in [5.41, 5.74) is 0. The maximum atomic E-state index is 12.2. The number of carbonyl (C=O) groups excluding carboxylic acids is 1. The van der Waals surface area contributed by atoms with Crippen LogP contribution in [-0.4, -0.2) is 48.7 Å². The van der Waals surface area contributed by atoms with E-state index in [1.54, 1.807) is 7.11 Å². The van der Waals surface area contributed by atoms with Gasteiger partial charge in [0.25, 0.3) is 0 Å². The first-order valence-corrected chi connectivity index (χ1v) is 9.05. The largest absolute Gasteiger partial charge is 0.462 e. The smallest absolute Gasteiger partial charge is 0.308 e. The minimum atomic E-state index is -0.383. The molecule has 134 valence electrons. The Morgan fingerprint density at radius 1 is 1.17 bits per heavy atom. The van der Waals surface area contributed by atoms with Crippen molar-refractivity contribution < 1.29 is 24.1 Å². The van der Waals surface area contributed by atoms with Crippen LogP contribution < -0.4 is 0 Å². The van der Waals surface area contributed by atoms with Gasteiger partial charge in [-0.15, -0.1) is 0 Å². The number of hydrogen-bond acceptors (Lipinski definition) is 5. The zero-order chi connectivity index (χ0) is 16.8. The van der Waals surface area contributed by atoms with E-state index in [1.807, 2.05) is 0 Å². The zero-order valence-corrected chi connectivity index (χ0v) is 14.7. The lowest BCUT2D eigenvalue weighted by Crippen LogP contribution is -2.39. The molecule has 2 saturated heterocycles. The van der Waals surface area contributed by atoms with Crippen molar-refractivity contribution in [2.45, 2.75) is 95.7 Å². The minimum Gasteiger partial charge on any atom is -0.462 e. The number of hydrogen-bond donors (Lipinski definition) is 1. The van der Waals surface area contributed by atoms with Gasteiger partial charge in [-0.3, -0.25) is 4.79 Å². The molecule has 0 unspecified atom stereocenters. The second-order valence-corrected chi connectivity index (χ2v) is 7.28. The second kappa shape index (κ2) is 9.00. The van der Waals surface area contributed by atoms with Gasteiger partial charge in [-0.05, 0) is 31.6 Å². The van der Waals surface area contributed by atoms with Crippen molar-refractivity contribution >= 4 is 5.97 Å². The molecular formula is C18H32O5. The Kier molecular flexibility index (Phi) is 7.31. The molecule has 0 saturated carbocycles. The number of aliphatic hydroxyl groups excluding tert-OH is 1. The van der Waals surface area contributed by atoms with E-state index in [-0.39, 0.29) is 42.9 Å². The van der Waals surface area contributed by atoms with Crippen molar-refractivity contribution in [3.05, 3.63) is 0 Å². The van der Waals surface area contributed by atoms with Gasteiger partial charge in [0.1, 0.15) is 6.10 Å². The maximum Gasteiger partial charge on any atom is 0.308 e. The molecule has 0 aliphatic carbocycles. The molecule has 5 nitrogen and oxygen atoms in total. The Bertz CT molecular complexity index is 372. The standard InChI is InChI=1S/C18H32O5/c1-4-5-14-10-15(21-3)6-12(2)7-16-8-13(19)9-17(22-16)11-18(20)23-14/h12-17,19H,4-11H2,1-3H3/t12-,13+,14-,15-,16+,17+/m0/s1. The Labute approximate surface area is 139 Å². The highest BCUT2D eigenvalue weighted by Gasteiger charge is 2.33. The van der Waals surface area contributed by atoms with Crippen LogP contribution in [0.3, 0.4) is 0 Å². The molecular weight excluding hydrogens is 296 g/mol. The predicted octanol–water partition coefficient (Wildman–Crippen LogP) is 2.83. The first-order chi connectivity index (χ1) is 11.0. The van der Waals surface area contributed by atoms with Gasteiger partial charge in [-0.25, -0.2) is 0 Å². The highest BCUT2D eigenvalue weighted by molar-refractivity contribution is 5.70. The van der Waals surface area contributed by atoms with Gasteiger partial charge < -0.3 is 19.3 Å². The van der Waals surface area contributed by atoms with Crippen molar-refractivity contribution in [3.63, 3.8) is 0 Å². The average molecular weight is 328 g/mol. The van der Waals surface area contributed by atoms with E-state index < -0.39 is 0 Å². The first-order valence-electron chi connectivity index (χ1n) is 9.05. The summed E-state index contributed by atoms with van der Waals surface area (Å²) >= 11 is 0. The Morgan fingerprint density at radius 3 is 2.61 bits per heavy atom. The summed E-state index contributed by atoms with van der Waals surface area (Å²) in [6.07, 6.45) is 5.28. The number of cyclic esters (lactones) is 1. The molecule has 5 heteroatoms. The van der Waals surface area contributed by atoms with Crippen LogP contribution in [0.5, 0.6) is 0 Å². The molecule has 6 atom stereocenters.